The van der Waals surface area contributed by atoms with Crippen LogP contribution in [0.1, 0.15) is 22.5 Å². The van der Waals surface area contributed by atoms with Crippen LogP contribution in [0.2, 0.25) is 0 Å². The summed E-state index contributed by atoms with van der Waals surface area (Å²) in [6, 6.07) is 11.6. The number of fused-ring (bicyclic) bond motifs is 1. The van der Waals surface area contributed by atoms with Crippen molar-refractivity contribution in [1.29, 1.82) is 0 Å². The fourth-order valence-corrected chi connectivity index (χ4v) is 3.54. The minimum Gasteiger partial charge on any atom is -0.336 e. The highest BCUT2D eigenvalue weighted by molar-refractivity contribution is 5.95. The summed E-state index contributed by atoms with van der Waals surface area (Å²) in [6.07, 6.45) is 0. The number of carbonyl (C=O) groups excluding carboxylic acids is 2. The van der Waals surface area contributed by atoms with Gasteiger partial charge in [0, 0.05) is 18.8 Å². The van der Waals surface area contributed by atoms with Crippen molar-refractivity contribution in [3.8, 4) is 0 Å². The zero-order chi connectivity index (χ0) is 21.0. The monoisotopic (exact) mass is 393 g/mol. The number of aromatic nitrogens is 2. The standard InChI is InChI=1S/C22H27N5O2/c1-14-11-15(2)21(16(3)12-14)26-20(28)13-24-22(29)23-9-10-27-17(4)25-18-7-5-6-8-19(18)27/h5-8,11-12H,9-10,13H2,1-4H3,(H,26,28)(H2,23,24,29). The number of hydrogen-bond donors (Lipinski definition) is 3. The zero-order valence-corrected chi connectivity index (χ0v) is 17.3. The average molecular weight is 393 g/mol. The summed E-state index contributed by atoms with van der Waals surface area (Å²) in [4.78, 5) is 28.7. The number of para-hydroxylation sites is 2. The predicted molar refractivity (Wildman–Crippen MR) is 115 cm³/mol. The zero-order valence-electron chi connectivity index (χ0n) is 17.3. The predicted octanol–water partition coefficient (Wildman–Crippen LogP) is 3.21. The van der Waals surface area contributed by atoms with Gasteiger partial charge >= 0.3 is 6.03 Å². The van der Waals surface area contributed by atoms with Crippen molar-refractivity contribution in [3.63, 3.8) is 0 Å². The van der Waals surface area contributed by atoms with E-state index in [2.05, 4.69) is 25.5 Å². The number of nitrogens with one attached hydrogen (secondary N) is 3. The third-order valence-corrected chi connectivity index (χ3v) is 4.82. The number of urea groups is 1. The van der Waals surface area contributed by atoms with Crippen molar-refractivity contribution in [3.05, 3.63) is 58.9 Å². The van der Waals surface area contributed by atoms with Gasteiger partial charge in [0.15, 0.2) is 0 Å². The molecular formula is C22H27N5O2. The van der Waals surface area contributed by atoms with E-state index in [1.165, 1.54) is 0 Å². The molecule has 3 amide bonds. The first-order chi connectivity index (χ1) is 13.8. The number of rotatable bonds is 6. The molecule has 2 aromatic carbocycles. The molecule has 0 fully saturated rings. The number of anilines is 1. The van der Waals surface area contributed by atoms with E-state index in [1.807, 2.05) is 64.1 Å². The van der Waals surface area contributed by atoms with E-state index in [1.54, 1.807) is 0 Å². The van der Waals surface area contributed by atoms with Gasteiger partial charge in [0.05, 0.1) is 17.6 Å². The van der Waals surface area contributed by atoms with Gasteiger partial charge in [-0.25, -0.2) is 9.78 Å². The molecular weight excluding hydrogens is 366 g/mol. The Labute approximate surface area is 170 Å². The second-order valence-corrected chi connectivity index (χ2v) is 7.23. The molecule has 3 rings (SSSR count). The Hall–Kier alpha value is -3.35. The second-order valence-electron chi connectivity index (χ2n) is 7.23. The fourth-order valence-electron chi connectivity index (χ4n) is 3.54. The van der Waals surface area contributed by atoms with Gasteiger partial charge < -0.3 is 20.5 Å². The van der Waals surface area contributed by atoms with Crippen molar-refractivity contribution in [2.24, 2.45) is 0 Å². The smallest absolute Gasteiger partial charge is 0.315 e. The molecule has 0 atom stereocenters. The van der Waals surface area contributed by atoms with Crippen LogP contribution in [0, 0.1) is 27.7 Å². The number of carbonyl (C=O) groups is 2. The Morgan fingerprint density at radius 1 is 1.00 bits per heavy atom. The van der Waals surface area contributed by atoms with Gasteiger partial charge in [0.2, 0.25) is 5.91 Å². The van der Waals surface area contributed by atoms with E-state index < -0.39 is 0 Å². The summed E-state index contributed by atoms with van der Waals surface area (Å²) >= 11 is 0. The van der Waals surface area contributed by atoms with E-state index in [0.29, 0.717) is 13.1 Å². The van der Waals surface area contributed by atoms with Crippen LogP contribution in [-0.4, -0.2) is 34.6 Å². The van der Waals surface area contributed by atoms with Crippen LogP contribution in [0.4, 0.5) is 10.5 Å². The normalized spacial score (nSPS) is 10.8. The maximum absolute atomic E-state index is 12.2. The molecule has 0 bridgehead atoms. The van der Waals surface area contributed by atoms with Gasteiger partial charge in [-0.15, -0.1) is 0 Å². The summed E-state index contributed by atoms with van der Waals surface area (Å²) in [5, 5.41) is 8.25. The molecule has 0 saturated carbocycles. The molecule has 3 aromatic rings. The Morgan fingerprint density at radius 3 is 2.41 bits per heavy atom. The van der Waals surface area contributed by atoms with Crippen LogP contribution in [0.15, 0.2) is 36.4 Å². The molecule has 0 aliphatic heterocycles. The lowest BCUT2D eigenvalue weighted by Crippen LogP contribution is -2.41. The molecule has 152 valence electrons. The molecule has 0 unspecified atom stereocenters. The number of amides is 3. The van der Waals surface area contributed by atoms with Gasteiger partial charge in [-0.3, -0.25) is 4.79 Å². The molecule has 0 saturated heterocycles. The summed E-state index contributed by atoms with van der Waals surface area (Å²) in [5.74, 6) is 0.642. The molecule has 7 heteroatoms. The van der Waals surface area contributed by atoms with Crippen molar-refractivity contribution in [2.45, 2.75) is 34.2 Å². The number of nitrogens with zero attached hydrogens (tertiary/aromatic N) is 2. The molecule has 1 aromatic heterocycles. The quantitative estimate of drug-likeness (QED) is 0.601. The summed E-state index contributed by atoms with van der Waals surface area (Å²) in [6.45, 7) is 8.82. The van der Waals surface area contributed by atoms with E-state index in [9.17, 15) is 9.59 Å². The number of imidazole rings is 1. The lowest BCUT2D eigenvalue weighted by atomic mass is 10.1. The van der Waals surface area contributed by atoms with Gasteiger partial charge in [-0.1, -0.05) is 29.8 Å². The summed E-state index contributed by atoms with van der Waals surface area (Å²) in [5.41, 5.74) is 5.93. The SMILES string of the molecule is Cc1cc(C)c(NC(=O)CNC(=O)NCCn2c(C)nc3ccccc32)c(C)c1. The van der Waals surface area contributed by atoms with Gasteiger partial charge in [0.25, 0.3) is 0 Å². The molecule has 3 N–H and O–H groups in total. The highest BCUT2D eigenvalue weighted by Gasteiger charge is 2.10. The Balaban J connectivity index is 1.46. The molecule has 0 spiro atoms. The van der Waals surface area contributed by atoms with Crippen LogP contribution < -0.4 is 16.0 Å². The number of hydrogen-bond acceptors (Lipinski definition) is 3. The maximum Gasteiger partial charge on any atom is 0.315 e. The first-order valence-electron chi connectivity index (χ1n) is 9.66. The van der Waals surface area contributed by atoms with Crippen molar-refractivity contribution in [1.82, 2.24) is 20.2 Å². The van der Waals surface area contributed by atoms with E-state index in [4.69, 9.17) is 0 Å². The molecule has 7 nitrogen and oxygen atoms in total. The van der Waals surface area contributed by atoms with E-state index >= 15 is 0 Å². The summed E-state index contributed by atoms with van der Waals surface area (Å²) in [7, 11) is 0. The largest absolute Gasteiger partial charge is 0.336 e. The van der Waals surface area contributed by atoms with Crippen LogP contribution in [0.25, 0.3) is 11.0 Å². The Kier molecular flexibility index (Phi) is 6.16. The fraction of sp³-hybridized carbons (Fsp3) is 0.318. The number of benzene rings is 2. The second kappa shape index (κ2) is 8.77. The number of aryl methyl sites for hydroxylation is 4. The lowest BCUT2D eigenvalue weighted by Gasteiger charge is -2.13. The van der Waals surface area contributed by atoms with E-state index in [0.717, 1.165) is 39.2 Å². The highest BCUT2D eigenvalue weighted by Crippen LogP contribution is 2.21. The van der Waals surface area contributed by atoms with Gasteiger partial charge in [-0.05, 0) is 51.0 Å². The van der Waals surface area contributed by atoms with Gasteiger partial charge in [-0.2, -0.15) is 0 Å². The molecule has 1 heterocycles. The highest BCUT2D eigenvalue weighted by atomic mass is 16.2. The Bertz CT molecular complexity index is 1030. The van der Waals surface area contributed by atoms with Gasteiger partial charge in [0.1, 0.15) is 5.82 Å². The average Bonchev–Trinajstić information content (AvgIpc) is 2.98. The molecule has 0 radical (unpaired) electrons. The van der Waals surface area contributed by atoms with E-state index in [-0.39, 0.29) is 18.5 Å². The minimum atomic E-state index is -0.375. The van der Waals surface area contributed by atoms with Crippen molar-refractivity contribution < 1.29 is 9.59 Å². The topological polar surface area (TPSA) is 88.0 Å². The third kappa shape index (κ3) is 4.93. The molecule has 0 aliphatic carbocycles. The van der Waals surface area contributed by atoms with Crippen LogP contribution >= 0.6 is 0 Å². The van der Waals surface area contributed by atoms with Crippen molar-refractivity contribution >= 4 is 28.7 Å². The van der Waals surface area contributed by atoms with Crippen LogP contribution in [0.3, 0.4) is 0 Å². The Morgan fingerprint density at radius 2 is 1.69 bits per heavy atom. The summed E-state index contributed by atoms with van der Waals surface area (Å²) < 4.78 is 2.06. The van der Waals surface area contributed by atoms with Crippen molar-refractivity contribution in [2.75, 3.05) is 18.4 Å². The first-order valence-corrected chi connectivity index (χ1v) is 9.66. The molecule has 0 aliphatic rings. The third-order valence-electron chi connectivity index (χ3n) is 4.82. The molecule has 29 heavy (non-hydrogen) atoms. The first kappa shape index (κ1) is 20.4. The minimum absolute atomic E-state index is 0.0916. The lowest BCUT2D eigenvalue weighted by molar-refractivity contribution is -0.115. The van der Waals surface area contributed by atoms with Crippen LogP contribution in [0.5, 0.6) is 0 Å². The maximum atomic E-state index is 12.2. The van der Waals surface area contributed by atoms with Crippen LogP contribution in [-0.2, 0) is 11.3 Å².